The van der Waals surface area contributed by atoms with Crippen molar-refractivity contribution in [3.05, 3.63) is 10.0 Å². The number of rotatable bonds is 4. The highest BCUT2D eigenvalue weighted by Gasteiger charge is 2.57. The normalized spacial score (nSPS) is 42.3. The fourth-order valence-electron chi connectivity index (χ4n) is 5.74. The fourth-order valence-corrected chi connectivity index (χ4v) is 6.76. The summed E-state index contributed by atoms with van der Waals surface area (Å²) in [6, 6.07) is 0. The van der Waals surface area contributed by atoms with Crippen molar-refractivity contribution in [1.82, 2.24) is 15.5 Å². The van der Waals surface area contributed by atoms with Crippen molar-refractivity contribution in [1.29, 1.82) is 0 Å². The molecular weight excluding hydrogens is 266 g/mol. The number of hydrogen-bond acceptors (Lipinski definition) is 4. The van der Waals surface area contributed by atoms with Gasteiger partial charge >= 0.3 is 0 Å². The van der Waals surface area contributed by atoms with Gasteiger partial charge in [0.1, 0.15) is 10.0 Å². The molecule has 1 aromatic heterocycles. The first-order valence-corrected chi connectivity index (χ1v) is 8.96. The van der Waals surface area contributed by atoms with Crippen molar-refractivity contribution in [3.8, 4) is 0 Å². The van der Waals surface area contributed by atoms with E-state index in [1.807, 2.05) is 11.3 Å². The molecular formula is C16H25N3S. The molecule has 1 aromatic rings. The summed E-state index contributed by atoms with van der Waals surface area (Å²) >= 11 is 1.88. The lowest BCUT2D eigenvalue weighted by molar-refractivity contribution is -0.0618. The van der Waals surface area contributed by atoms with Gasteiger partial charge in [-0.3, -0.25) is 0 Å². The molecule has 0 aromatic carbocycles. The molecule has 4 aliphatic rings. The molecule has 0 aliphatic heterocycles. The summed E-state index contributed by atoms with van der Waals surface area (Å²) in [6.07, 6.45) is 8.55. The van der Waals surface area contributed by atoms with Crippen molar-refractivity contribution < 1.29 is 0 Å². The van der Waals surface area contributed by atoms with E-state index in [9.17, 15) is 0 Å². The summed E-state index contributed by atoms with van der Waals surface area (Å²) in [4.78, 5) is 0. The monoisotopic (exact) mass is 291 g/mol. The fraction of sp³-hybridized carbons (Fsp3) is 0.875. The van der Waals surface area contributed by atoms with E-state index in [0.717, 1.165) is 24.9 Å². The van der Waals surface area contributed by atoms with Gasteiger partial charge in [-0.1, -0.05) is 25.2 Å². The highest BCUT2D eigenvalue weighted by Crippen LogP contribution is 2.65. The quantitative estimate of drug-likeness (QED) is 0.922. The predicted molar refractivity (Wildman–Crippen MR) is 81.8 cm³/mol. The second kappa shape index (κ2) is 4.51. The minimum atomic E-state index is 0.390. The maximum Gasteiger partial charge on any atom is 0.131 e. The molecule has 0 saturated heterocycles. The maximum absolute atomic E-state index is 4.62. The van der Waals surface area contributed by atoms with Crippen LogP contribution in [-0.2, 0) is 12.0 Å². The maximum atomic E-state index is 4.62. The molecule has 5 rings (SSSR count). The summed E-state index contributed by atoms with van der Waals surface area (Å²) in [5, 5.41) is 14.9. The molecule has 0 spiro atoms. The molecule has 2 unspecified atom stereocenters. The van der Waals surface area contributed by atoms with Crippen LogP contribution in [0.4, 0.5) is 0 Å². The average molecular weight is 291 g/mol. The van der Waals surface area contributed by atoms with Crippen LogP contribution < -0.4 is 5.32 Å². The van der Waals surface area contributed by atoms with Gasteiger partial charge in [0.25, 0.3) is 0 Å². The van der Waals surface area contributed by atoms with Crippen LogP contribution in [0.25, 0.3) is 0 Å². The minimum Gasteiger partial charge on any atom is -0.311 e. The SMILES string of the molecule is CCNCc1nnc(C23CC4CC(CC(C)(C4)C2)C3)s1. The van der Waals surface area contributed by atoms with Crippen LogP contribution in [0.15, 0.2) is 0 Å². The van der Waals surface area contributed by atoms with Gasteiger partial charge in [0, 0.05) is 12.0 Å². The number of nitrogens with zero attached hydrogens (tertiary/aromatic N) is 2. The predicted octanol–water partition coefficient (Wildman–Crippen LogP) is 3.51. The highest BCUT2D eigenvalue weighted by atomic mass is 32.1. The summed E-state index contributed by atoms with van der Waals surface area (Å²) in [5.41, 5.74) is 0.985. The lowest BCUT2D eigenvalue weighted by Gasteiger charge is -2.60. The van der Waals surface area contributed by atoms with Gasteiger partial charge in [-0.05, 0) is 62.3 Å². The number of hydrogen-bond donors (Lipinski definition) is 1. The van der Waals surface area contributed by atoms with Crippen LogP contribution in [0, 0.1) is 17.3 Å². The Morgan fingerprint density at radius 2 is 1.95 bits per heavy atom. The van der Waals surface area contributed by atoms with Crippen LogP contribution in [-0.4, -0.2) is 16.7 Å². The molecule has 4 saturated carbocycles. The lowest BCUT2D eigenvalue weighted by atomic mass is 9.45. The van der Waals surface area contributed by atoms with Crippen molar-refractivity contribution in [2.45, 2.75) is 64.3 Å². The Kier molecular flexibility index (Phi) is 2.97. The second-order valence-electron chi connectivity index (χ2n) is 7.83. The molecule has 0 amide bonds. The van der Waals surface area contributed by atoms with E-state index in [4.69, 9.17) is 0 Å². The third-order valence-electron chi connectivity index (χ3n) is 5.80. The molecule has 1 N–H and O–H groups in total. The van der Waals surface area contributed by atoms with Crippen LogP contribution in [0.2, 0.25) is 0 Å². The lowest BCUT2D eigenvalue weighted by Crippen LogP contribution is -2.52. The Morgan fingerprint density at radius 1 is 1.20 bits per heavy atom. The van der Waals surface area contributed by atoms with Gasteiger partial charge < -0.3 is 5.32 Å². The molecule has 0 radical (unpaired) electrons. The molecule has 2 atom stereocenters. The van der Waals surface area contributed by atoms with Crippen LogP contribution in [0.5, 0.6) is 0 Å². The van der Waals surface area contributed by atoms with Gasteiger partial charge in [0.05, 0.1) is 0 Å². The Bertz CT molecular complexity index is 496. The summed E-state index contributed by atoms with van der Waals surface area (Å²) in [6.45, 7) is 6.55. The number of aromatic nitrogens is 2. The zero-order chi connectivity index (χ0) is 13.8. The van der Waals surface area contributed by atoms with E-state index in [0.29, 0.717) is 10.8 Å². The van der Waals surface area contributed by atoms with Crippen LogP contribution in [0.3, 0.4) is 0 Å². The van der Waals surface area contributed by atoms with Gasteiger partial charge in [-0.15, -0.1) is 10.2 Å². The molecule has 20 heavy (non-hydrogen) atoms. The van der Waals surface area contributed by atoms with Gasteiger partial charge in [-0.25, -0.2) is 0 Å². The molecule has 1 heterocycles. The summed E-state index contributed by atoms with van der Waals surface area (Å²) in [7, 11) is 0. The Labute approximate surface area is 125 Å². The second-order valence-corrected chi connectivity index (χ2v) is 8.90. The molecule has 4 bridgehead atoms. The molecule has 3 nitrogen and oxygen atoms in total. The van der Waals surface area contributed by atoms with E-state index in [2.05, 4.69) is 29.4 Å². The smallest absolute Gasteiger partial charge is 0.131 e. The largest absolute Gasteiger partial charge is 0.311 e. The van der Waals surface area contributed by atoms with E-state index < -0.39 is 0 Å². The van der Waals surface area contributed by atoms with Crippen molar-refractivity contribution in [3.63, 3.8) is 0 Å². The van der Waals surface area contributed by atoms with Gasteiger partial charge in [0.15, 0.2) is 0 Å². The Hall–Kier alpha value is -0.480. The van der Waals surface area contributed by atoms with Crippen LogP contribution in [0.1, 0.15) is 62.4 Å². The van der Waals surface area contributed by atoms with E-state index in [1.165, 1.54) is 48.5 Å². The third kappa shape index (κ3) is 2.03. The van der Waals surface area contributed by atoms with Gasteiger partial charge in [0.2, 0.25) is 0 Å². The van der Waals surface area contributed by atoms with Crippen molar-refractivity contribution >= 4 is 11.3 Å². The topological polar surface area (TPSA) is 37.8 Å². The third-order valence-corrected chi connectivity index (χ3v) is 6.97. The molecule has 4 aliphatic carbocycles. The summed E-state index contributed by atoms with van der Waals surface area (Å²) in [5.74, 6) is 1.92. The van der Waals surface area contributed by atoms with E-state index >= 15 is 0 Å². The van der Waals surface area contributed by atoms with Crippen molar-refractivity contribution in [2.75, 3.05) is 6.54 Å². The molecule has 110 valence electrons. The Morgan fingerprint density at radius 3 is 2.60 bits per heavy atom. The first-order chi connectivity index (χ1) is 9.61. The first kappa shape index (κ1) is 13.2. The molecule has 4 fully saturated rings. The van der Waals surface area contributed by atoms with Crippen molar-refractivity contribution in [2.24, 2.45) is 17.3 Å². The first-order valence-electron chi connectivity index (χ1n) is 8.14. The number of nitrogens with one attached hydrogen (secondary N) is 1. The van der Waals surface area contributed by atoms with E-state index in [1.54, 1.807) is 0 Å². The van der Waals surface area contributed by atoms with Gasteiger partial charge in [-0.2, -0.15) is 0 Å². The van der Waals surface area contributed by atoms with Crippen LogP contribution >= 0.6 is 11.3 Å². The minimum absolute atomic E-state index is 0.390. The molecule has 4 heteroatoms. The zero-order valence-corrected chi connectivity index (χ0v) is 13.4. The summed E-state index contributed by atoms with van der Waals surface area (Å²) < 4.78 is 0. The average Bonchev–Trinajstić information content (AvgIpc) is 2.82. The zero-order valence-electron chi connectivity index (χ0n) is 12.6. The van der Waals surface area contributed by atoms with E-state index in [-0.39, 0.29) is 0 Å². The standard InChI is InChI=1S/C16H25N3S/c1-3-17-9-13-18-19-14(20-13)16-7-11-4-12(8-16)6-15(2,5-11)10-16/h11-12,17H,3-10H2,1-2H3. The Balaban J connectivity index is 1.62. The highest BCUT2D eigenvalue weighted by molar-refractivity contribution is 7.11.